The minimum absolute atomic E-state index is 0.0445. The minimum atomic E-state index is -3.13. The minimum Gasteiger partial charge on any atom is -0.481 e. The summed E-state index contributed by atoms with van der Waals surface area (Å²) in [7, 11) is 1.57. The second-order valence-corrected chi connectivity index (χ2v) is 7.34. The van der Waals surface area contributed by atoms with Gasteiger partial charge in [0.1, 0.15) is 12.4 Å². The van der Waals surface area contributed by atoms with Crippen molar-refractivity contribution in [1.82, 2.24) is 9.88 Å². The van der Waals surface area contributed by atoms with Gasteiger partial charge in [-0.1, -0.05) is 17.7 Å². The van der Waals surface area contributed by atoms with Crippen LogP contribution in [0.25, 0.3) is 10.8 Å². The van der Waals surface area contributed by atoms with Gasteiger partial charge in [0.15, 0.2) is 17.7 Å². The number of carbonyl (C=O) groups excluding carboxylic acids is 1. The van der Waals surface area contributed by atoms with Crippen molar-refractivity contribution in [3.8, 4) is 17.4 Å². The Morgan fingerprint density at radius 2 is 2.03 bits per heavy atom. The highest BCUT2D eigenvalue weighted by Gasteiger charge is 2.25. The Hall–Kier alpha value is -3.27. The van der Waals surface area contributed by atoms with Crippen molar-refractivity contribution in [3.63, 3.8) is 0 Å². The standard InChI is InChI=1S/C22H20ClF4N3O3/c1-3-30(2)22(31)29-13-9-12-7-8-28-21(33-19-14(23)5-4-6-15(19)25)18(12)16(10-13)32-17(11-24)20(26)27/h4-10,17,20H,3,11H2,1-2H3,(H,29,31). The summed E-state index contributed by atoms with van der Waals surface area (Å²) in [5.74, 6) is -1.54. The number of benzene rings is 2. The SMILES string of the molecule is CCN(C)C(=O)Nc1cc(OC(CF)C(F)F)c2c(Oc3c(F)cccc3Cl)nccc2c1. The molecule has 0 saturated carbocycles. The van der Waals surface area contributed by atoms with Gasteiger partial charge in [-0.2, -0.15) is 0 Å². The quantitative estimate of drug-likeness (QED) is 0.381. The molecular weight excluding hydrogens is 466 g/mol. The number of carbonyl (C=O) groups is 1. The third kappa shape index (κ3) is 5.57. The molecule has 0 fully saturated rings. The van der Waals surface area contributed by atoms with Crippen LogP contribution in [0.15, 0.2) is 42.6 Å². The summed E-state index contributed by atoms with van der Waals surface area (Å²) in [6.07, 6.45) is -3.88. The van der Waals surface area contributed by atoms with Gasteiger partial charge in [0.05, 0.1) is 10.4 Å². The Morgan fingerprint density at radius 3 is 2.67 bits per heavy atom. The molecule has 3 rings (SSSR count). The fourth-order valence-corrected chi connectivity index (χ4v) is 3.04. The van der Waals surface area contributed by atoms with Gasteiger partial charge in [-0.05, 0) is 36.6 Å². The van der Waals surface area contributed by atoms with Crippen molar-refractivity contribution < 1.29 is 31.8 Å². The molecule has 1 heterocycles. The number of para-hydroxylation sites is 1. The monoisotopic (exact) mass is 485 g/mol. The average Bonchev–Trinajstić information content (AvgIpc) is 2.78. The van der Waals surface area contributed by atoms with Crippen LogP contribution >= 0.6 is 11.6 Å². The molecule has 0 aliphatic rings. The van der Waals surface area contributed by atoms with Gasteiger partial charge in [-0.15, -0.1) is 0 Å². The van der Waals surface area contributed by atoms with E-state index in [2.05, 4.69) is 10.3 Å². The number of anilines is 1. The fourth-order valence-electron chi connectivity index (χ4n) is 2.84. The number of pyridine rings is 1. The van der Waals surface area contributed by atoms with Crippen molar-refractivity contribution in [1.29, 1.82) is 0 Å². The zero-order valence-electron chi connectivity index (χ0n) is 17.6. The molecule has 6 nitrogen and oxygen atoms in total. The largest absolute Gasteiger partial charge is 0.481 e. The Morgan fingerprint density at radius 1 is 1.27 bits per heavy atom. The van der Waals surface area contributed by atoms with Crippen LogP contribution in [-0.4, -0.2) is 48.7 Å². The maximum atomic E-state index is 14.3. The van der Waals surface area contributed by atoms with E-state index < -0.39 is 31.1 Å². The van der Waals surface area contributed by atoms with Crippen LogP contribution < -0.4 is 14.8 Å². The van der Waals surface area contributed by atoms with Gasteiger partial charge in [-0.25, -0.2) is 27.3 Å². The van der Waals surface area contributed by atoms with E-state index in [0.717, 1.165) is 6.07 Å². The number of nitrogens with one attached hydrogen (secondary N) is 1. The summed E-state index contributed by atoms with van der Waals surface area (Å²) in [5, 5.41) is 2.99. The molecule has 2 amide bonds. The first kappa shape index (κ1) is 24.4. The molecule has 11 heteroatoms. The van der Waals surface area contributed by atoms with Crippen molar-refractivity contribution in [3.05, 3.63) is 53.4 Å². The van der Waals surface area contributed by atoms with Crippen molar-refractivity contribution in [2.24, 2.45) is 0 Å². The Labute approximate surface area is 192 Å². The first-order valence-electron chi connectivity index (χ1n) is 9.82. The third-order valence-electron chi connectivity index (χ3n) is 4.69. The van der Waals surface area contributed by atoms with Gasteiger partial charge in [0.2, 0.25) is 5.88 Å². The number of hydrogen-bond acceptors (Lipinski definition) is 4. The van der Waals surface area contributed by atoms with E-state index in [1.165, 1.54) is 41.4 Å². The molecule has 3 aromatic rings. The molecule has 1 N–H and O–H groups in total. The molecule has 2 aromatic carbocycles. The summed E-state index contributed by atoms with van der Waals surface area (Å²) < 4.78 is 64.8. The highest BCUT2D eigenvalue weighted by atomic mass is 35.5. The lowest BCUT2D eigenvalue weighted by Gasteiger charge is -2.20. The predicted octanol–water partition coefficient (Wildman–Crippen LogP) is 6.29. The number of alkyl halides is 3. The summed E-state index contributed by atoms with van der Waals surface area (Å²) >= 11 is 6.02. The summed E-state index contributed by atoms with van der Waals surface area (Å²) in [5.41, 5.74) is 0.204. The van der Waals surface area contributed by atoms with E-state index in [4.69, 9.17) is 21.1 Å². The van der Waals surface area contributed by atoms with E-state index in [1.54, 1.807) is 14.0 Å². The Balaban J connectivity index is 2.14. The maximum absolute atomic E-state index is 14.3. The normalized spacial score (nSPS) is 12.0. The van der Waals surface area contributed by atoms with E-state index in [0.29, 0.717) is 11.9 Å². The number of ether oxygens (including phenoxy) is 2. The lowest BCUT2D eigenvalue weighted by molar-refractivity contribution is -0.000401. The van der Waals surface area contributed by atoms with Crippen LogP contribution in [0, 0.1) is 5.82 Å². The summed E-state index contributed by atoms with van der Waals surface area (Å²) in [6.45, 7) is 0.722. The lowest BCUT2D eigenvalue weighted by atomic mass is 10.1. The number of amides is 2. The first-order valence-corrected chi connectivity index (χ1v) is 10.2. The third-order valence-corrected chi connectivity index (χ3v) is 4.99. The van der Waals surface area contributed by atoms with E-state index >= 15 is 0 Å². The molecule has 176 valence electrons. The molecule has 0 saturated heterocycles. The first-order chi connectivity index (χ1) is 15.7. The molecule has 0 aliphatic carbocycles. The number of nitrogens with zero attached hydrogens (tertiary/aromatic N) is 2. The van der Waals surface area contributed by atoms with E-state index in [-0.39, 0.29) is 33.5 Å². The molecule has 1 aromatic heterocycles. The van der Waals surface area contributed by atoms with Crippen LogP contribution in [0.5, 0.6) is 17.4 Å². The van der Waals surface area contributed by atoms with Gasteiger partial charge in [0, 0.05) is 31.5 Å². The van der Waals surface area contributed by atoms with Crippen LogP contribution in [-0.2, 0) is 0 Å². The number of rotatable bonds is 8. The Kier molecular flexibility index (Phi) is 7.80. The number of fused-ring (bicyclic) bond motifs is 1. The van der Waals surface area contributed by atoms with Gasteiger partial charge in [0.25, 0.3) is 6.43 Å². The molecule has 0 bridgehead atoms. The number of aromatic nitrogens is 1. The fraction of sp³-hybridized carbons (Fsp3) is 0.273. The van der Waals surface area contributed by atoms with Crippen LogP contribution in [0.3, 0.4) is 0 Å². The molecule has 0 aliphatic heterocycles. The number of urea groups is 1. The highest BCUT2D eigenvalue weighted by molar-refractivity contribution is 6.32. The summed E-state index contributed by atoms with van der Waals surface area (Å²) in [4.78, 5) is 17.7. The lowest BCUT2D eigenvalue weighted by Crippen LogP contribution is -2.31. The van der Waals surface area contributed by atoms with Gasteiger partial charge >= 0.3 is 6.03 Å². The molecule has 0 radical (unpaired) electrons. The smallest absolute Gasteiger partial charge is 0.321 e. The van der Waals surface area contributed by atoms with Crippen molar-refractivity contribution >= 4 is 34.1 Å². The van der Waals surface area contributed by atoms with Crippen LogP contribution in [0.4, 0.5) is 28.0 Å². The molecule has 1 atom stereocenters. The predicted molar refractivity (Wildman–Crippen MR) is 117 cm³/mol. The second-order valence-electron chi connectivity index (χ2n) is 6.93. The number of halogens is 5. The molecular formula is C22H20ClF4N3O3. The van der Waals surface area contributed by atoms with Crippen LogP contribution in [0.2, 0.25) is 5.02 Å². The Bertz CT molecular complexity index is 1130. The summed E-state index contributed by atoms with van der Waals surface area (Å²) in [6, 6.07) is 7.71. The topological polar surface area (TPSA) is 63.7 Å². The molecule has 0 spiro atoms. The molecule has 33 heavy (non-hydrogen) atoms. The zero-order valence-corrected chi connectivity index (χ0v) is 18.4. The van der Waals surface area contributed by atoms with Crippen molar-refractivity contribution in [2.45, 2.75) is 19.5 Å². The maximum Gasteiger partial charge on any atom is 0.321 e. The average molecular weight is 486 g/mol. The van der Waals surface area contributed by atoms with Gasteiger partial charge < -0.3 is 19.7 Å². The number of hydrogen-bond donors (Lipinski definition) is 1. The van der Waals surface area contributed by atoms with E-state index in [9.17, 15) is 22.4 Å². The van der Waals surface area contributed by atoms with Crippen LogP contribution in [0.1, 0.15) is 6.92 Å². The zero-order chi connectivity index (χ0) is 24.1. The second kappa shape index (κ2) is 10.6. The molecule has 1 unspecified atom stereocenters. The van der Waals surface area contributed by atoms with E-state index in [1.807, 2.05) is 0 Å². The van der Waals surface area contributed by atoms with Crippen molar-refractivity contribution in [2.75, 3.05) is 25.6 Å². The van der Waals surface area contributed by atoms with Gasteiger partial charge in [-0.3, -0.25) is 0 Å². The highest BCUT2D eigenvalue weighted by Crippen LogP contribution is 2.40.